The van der Waals surface area contributed by atoms with E-state index in [9.17, 15) is 19.5 Å². The summed E-state index contributed by atoms with van der Waals surface area (Å²) in [7, 11) is 1.26. The lowest BCUT2D eigenvalue weighted by atomic mass is 9.98. The molecule has 1 aromatic rings. The molecule has 148 valence electrons. The van der Waals surface area contributed by atoms with Crippen molar-refractivity contribution in [3.05, 3.63) is 29.3 Å². The minimum absolute atomic E-state index is 0.105. The third kappa shape index (κ3) is 5.29. The number of nitrogens with zero attached hydrogens (tertiary/aromatic N) is 1. The zero-order chi connectivity index (χ0) is 20.1. The van der Waals surface area contributed by atoms with Gasteiger partial charge in [-0.2, -0.15) is 0 Å². The van der Waals surface area contributed by atoms with Crippen molar-refractivity contribution in [2.75, 3.05) is 19.0 Å². The second-order valence-electron chi connectivity index (χ2n) is 7.39. The van der Waals surface area contributed by atoms with Crippen molar-refractivity contribution in [1.82, 2.24) is 4.90 Å². The van der Waals surface area contributed by atoms with Crippen molar-refractivity contribution >= 4 is 23.5 Å². The molecule has 1 aromatic carbocycles. The van der Waals surface area contributed by atoms with E-state index >= 15 is 0 Å². The minimum atomic E-state index is -0.813. The van der Waals surface area contributed by atoms with Gasteiger partial charge in [-0.3, -0.25) is 9.59 Å². The first kappa shape index (κ1) is 20.9. The number of esters is 1. The number of hydrogen-bond donors (Lipinski definition) is 2. The van der Waals surface area contributed by atoms with Gasteiger partial charge in [0.15, 0.2) is 0 Å². The van der Waals surface area contributed by atoms with Crippen LogP contribution in [0.3, 0.4) is 0 Å². The van der Waals surface area contributed by atoms with Gasteiger partial charge >= 0.3 is 5.97 Å². The van der Waals surface area contributed by atoms with Gasteiger partial charge in [-0.05, 0) is 37.0 Å². The maximum absolute atomic E-state index is 13.0. The Hall–Kier alpha value is -2.41. The van der Waals surface area contributed by atoms with Gasteiger partial charge in [-0.15, -0.1) is 0 Å². The van der Waals surface area contributed by atoms with Crippen molar-refractivity contribution < 1.29 is 24.2 Å². The van der Waals surface area contributed by atoms with Crippen molar-refractivity contribution in [3.63, 3.8) is 0 Å². The predicted molar refractivity (Wildman–Crippen MR) is 101 cm³/mol. The van der Waals surface area contributed by atoms with E-state index in [4.69, 9.17) is 4.74 Å². The molecule has 1 saturated heterocycles. The Kier molecular flexibility index (Phi) is 6.96. The Bertz CT molecular complexity index is 716. The summed E-state index contributed by atoms with van der Waals surface area (Å²) in [6.45, 7) is 6.05. The number of piperidine rings is 1. The average molecular weight is 376 g/mol. The highest BCUT2D eigenvalue weighted by atomic mass is 16.5. The van der Waals surface area contributed by atoms with Crippen LogP contribution >= 0.6 is 0 Å². The molecule has 1 aliphatic rings. The normalized spacial score (nSPS) is 19.7. The molecule has 0 unspecified atom stereocenters. The van der Waals surface area contributed by atoms with Gasteiger partial charge < -0.3 is 20.1 Å². The summed E-state index contributed by atoms with van der Waals surface area (Å²) in [6, 6.07) is 4.26. The monoisotopic (exact) mass is 376 g/mol. The first-order valence-corrected chi connectivity index (χ1v) is 9.20. The van der Waals surface area contributed by atoms with Gasteiger partial charge in [0, 0.05) is 30.6 Å². The summed E-state index contributed by atoms with van der Waals surface area (Å²) >= 11 is 0. The number of hydrogen-bond acceptors (Lipinski definition) is 5. The van der Waals surface area contributed by atoms with Crippen LogP contribution in [0.25, 0.3) is 0 Å². The molecular weight excluding hydrogens is 348 g/mol. The van der Waals surface area contributed by atoms with Crippen LogP contribution in [0.15, 0.2) is 18.2 Å². The number of anilines is 1. The molecule has 7 heteroatoms. The molecule has 0 bridgehead atoms. The lowest BCUT2D eigenvalue weighted by molar-refractivity contribution is -0.148. The topological polar surface area (TPSA) is 95.9 Å². The zero-order valence-corrected chi connectivity index (χ0v) is 16.3. The van der Waals surface area contributed by atoms with Gasteiger partial charge in [0.1, 0.15) is 6.04 Å². The summed E-state index contributed by atoms with van der Waals surface area (Å²) in [6.07, 6.45) is 0.319. The fourth-order valence-electron chi connectivity index (χ4n) is 3.18. The van der Waals surface area contributed by atoms with E-state index in [1.165, 1.54) is 12.0 Å². The van der Waals surface area contributed by atoms with Crippen LogP contribution < -0.4 is 5.32 Å². The molecule has 2 rings (SSSR count). The van der Waals surface area contributed by atoms with E-state index < -0.39 is 18.1 Å². The van der Waals surface area contributed by atoms with Crippen LogP contribution in [0.2, 0.25) is 0 Å². The van der Waals surface area contributed by atoms with Crippen LogP contribution in [0, 0.1) is 12.8 Å². The smallest absolute Gasteiger partial charge is 0.328 e. The highest BCUT2D eigenvalue weighted by Gasteiger charge is 2.36. The SMILES string of the molecule is COC(=O)[C@H]1C[C@@H](O)CCN1C(=O)c1ccc(C)c(NC(=O)CC(C)C)c1. The molecule has 0 saturated carbocycles. The first-order valence-electron chi connectivity index (χ1n) is 9.20. The molecule has 0 spiro atoms. The van der Waals surface area contributed by atoms with Crippen LogP contribution in [0.1, 0.15) is 49.0 Å². The van der Waals surface area contributed by atoms with E-state index in [2.05, 4.69) is 5.32 Å². The Morgan fingerprint density at radius 1 is 1.33 bits per heavy atom. The number of amides is 2. The summed E-state index contributed by atoms with van der Waals surface area (Å²) < 4.78 is 4.79. The van der Waals surface area contributed by atoms with Crippen LogP contribution in [0.4, 0.5) is 5.69 Å². The summed E-state index contributed by atoms with van der Waals surface area (Å²) in [5.41, 5.74) is 1.81. The van der Waals surface area contributed by atoms with Crippen molar-refractivity contribution in [2.24, 2.45) is 5.92 Å². The number of methoxy groups -OCH3 is 1. The molecule has 27 heavy (non-hydrogen) atoms. The number of carbonyl (C=O) groups excluding carboxylic acids is 3. The maximum atomic E-state index is 13.0. The molecule has 7 nitrogen and oxygen atoms in total. The van der Waals surface area contributed by atoms with Crippen molar-refractivity contribution in [3.8, 4) is 0 Å². The summed E-state index contributed by atoms with van der Waals surface area (Å²) in [4.78, 5) is 38.5. The van der Waals surface area contributed by atoms with Crippen LogP contribution in [0.5, 0.6) is 0 Å². The second kappa shape index (κ2) is 8.99. The Morgan fingerprint density at radius 2 is 2.04 bits per heavy atom. The second-order valence-corrected chi connectivity index (χ2v) is 7.39. The molecule has 0 aromatic heterocycles. The Morgan fingerprint density at radius 3 is 2.67 bits per heavy atom. The number of carbonyl (C=O) groups is 3. The number of rotatable bonds is 5. The third-order valence-electron chi connectivity index (χ3n) is 4.66. The molecular formula is C20H28N2O5. The number of aliphatic hydroxyl groups excluding tert-OH is 1. The van der Waals surface area contributed by atoms with E-state index in [-0.39, 0.29) is 30.7 Å². The van der Waals surface area contributed by atoms with Gasteiger partial charge in [-0.1, -0.05) is 19.9 Å². The van der Waals surface area contributed by atoms with E-state index in [0.29, 0.717) is 24.1 Å². The zero-order valence-electron chi connectivity index (χ0n) is 16.3. The largest absolute Gasteiger partial charge is 0.467 e. The van der Waals surface area contributed by atoms with Gasteiger partial charge in [0.25, 0.3) is 5.91 Å². The number of likely N-dealkylation sites (tertiary alicyclic amines) is 1. The van der Waals surface area contributed by atoms with E-state index in [1.807, 2.05) is 20.8 Å². The average Bonchev–Trinajstić information content (AvgIpc) is 2.61. The highest BCUT2D eigenvalue weighted by Crippen LogP contribution is 2.24. The molecule has 1 fully saturated rings. The van der Waals surface area contributed by atoms with E-state index in [1.54, 1.807) is 18.2 Å². The number of ether oxygens (including phenoxy) is 1. The lowest BCUT2D eigenvalue weighted by Gasteiger charge is -2.36. The number of aliphatic hydroxyl groups is 1. The Labute approximate surface area is 159 Å². The molecule has 2 amide bonds. The van der Waals surface area contributed by atoms with E-state index in [0.717, 1.165) is 5.56 Å². The summed E-state index contributed by atoms with van der Waals surface area (Å²) in [5.74, 6) is -0.738. The molecule has 1 heterocycles. The molecule has 1 aliphatic heterocycles. The number of aryl methyl sites for hydroxylation is 1. The summed E-state index contributed by atoms with van der Waals surface area (Å²) in [5, 5.41) is 12.7. The molecule has 0 radical (unpaired) electrons. The lowest BCUT2D eigenvalue weighted by Crippen LogP contribution is -2.51. The Balaban J connectivity index is 2.23. The fourth-order valence-corrected chi connectivity index (χ4v) is 3.18. The van der Waals surface area contributed by atoms with Crippen molar-refractivity contribution in [1.29, 1.82) is 0 Å². The predicted octanol–water partition coefficient (Wildman–Crippen LogP) is 2.12. The fraction of sp³-hybridized carbons (Fsp3) is 0.550. The third-order valence-corrected chi connectivity index (χ3v) is 4.66. The molecule has 2 N–H and O–H groups in total. The van der Waals surface area contributed by atoms with Crippen molar-refractivity contribution in [2.45, 2.75) is 52.2 Å². The van der Waals surface area contributed by atoms with Gasteiger partial charge in [0.05, 0.1) is 13.2 Å². The standard InChI is InChI=1S/C20H28N2O5/c1-12(2)9-18(24)21-16-10-14(6-5-13(16)3)19(25)22-8-7-15(23)11-17(22)20(26)27-4/h5-6,10,12,15,17,23H,7-9,11H2,1-4H3,(H,21,24)/t15-,17+/m0/s1. The van der Waals surface area contributed by atoms with Crippen LogP contribution in [-0.2, 0) is 14.3 Å². The van der Waals surface area contributed by atoms with Crippen LogP contribution in [-0.4, -0.2) is 53.6 Å². The minimum Gasteiger partial charge on any atom is -0.467 e. The van der Waals surface area contributed by atoms with Gasteiger partial charge in [0.2, 0.25) is 5.91 Å². The quantitative estimate of drug-likeness (QED) is 0.768. The number of benzene rings is 1. The first-order chi connectivity index (χ1) is 12.7. The van der Waals surface area contributed by atoms with Gasteiger partial charge in [-0.25, -0.2) is 4.79 Å². The maximum Gasteiger partial charge on any atom is 0.328 e. The number of nitrogens with one attached hydrogen (secondary N) is 1. The molecule has 0 aliphatic carbocycles. The molecule has 2 atom stereocenters. The highest BCUT2D eigenvalue weighted by molar-refractivity contribution is 5.99.